The third-order valence-electron chi connectivity index (χ3n) is 2.28. The van der Waals surface area contributed by atoms with E-state index in [9.17, 15) is 4.79 Å². The van der Waals surface area contributed by atoms with Gasteiger partial charge in [0.05, 0.1) is 11.8 Å². The maximum absolute atomic E-state index is 11.2. The molecule has 82 valence electrons. The van der Waals surface area contributed by atoms with Crippen LogP contribution in [0, 0.1) is 0 Å². The zero-order valence-corrected chi connectivity index (χ0v) is 8.96. The number of aliphatic carboxylic acids is 1. The summed E-state index contributed by atoms with van der Waals surface area (Å²) in [7, 11) is 5.55. The smallest absolute Gasteiger partial charge is 0.336 e. The van der Waals surface area contributed by atoms with Crippen LogP contribution in [0.4, 0.5) is 0 Å². The average molecular weight is 224 g/mol. The number of furan rings is 1. The minimum atomic E-state index is -1.01. The molecular weight excluding hydrogens is 215 g/mol. The molecule has 0 saturated heterocycles. The predicted molar refractivity (Wildman–Crippen MR) is 66.0 cm³/mol. The molecule has 0 aliphatic carbocycles. The molecule has 0 saturated carbocycles. The summed E-state index contributed by atoms with van der Waals surface area (Å²) in [6, 6.07) is 10.0. The highest BCUT2D eigenvalue weighted by Gasteiger charge is 2.10. The van der Waals surface area contributed by atoms with Gasteiger partial charge in [0, 0.05) is 0 Å². The van der Waals surface area contributed by atoms with Crippen LogP contribution in [0.25, 0.3) is 11.6 Å². The zero-order valence-electron chi connectivity index (χ0n) is 8.96. The van der Waals surface area contributed by atoms with Crippen LogP contribution in [0.2, 0.25) is 0 Å². The van der Waals surface area contributed by atoms with Crippen LogP contribution in [-0.4, -0.2) is 18.9 Å². The van der Waals surface area contributed by atoms with Crippen molar-refractivity contribution >= 4 is 30.9 Å². The summed E-state index contributed by atoms with van der Waals surface area (Å²) in [5.41, 5.74) is 1.35. The number of carbonyl (C=O) groups is 1. The summed E-state index contributed by atoms with van der Waals surface area (Å²) in [5.74, 6) is -0.509. The van der Waals surface area contributed by atoms with Crippen LogP contribution in [0.15, 0.2) is 47.1 Å². The van der Waals surface area contributed by atoms with Gasteiger partial charge in [0.15, 0.2) is 0 Å². The van der Waals surface area contributed by atoms with Crippen LogP contribution in [0.1, 0.15) is 11.3 Å². The molecule has 1 aromatic heterocycles. The number of benzene rings is 1. The minimum Gasteiger partial charge on any atom is -0.478 e. The fraction of sp³-hybridized carbons (Fsp3) is 0. The van der Waals surface area contributed by atoms with E-state index < -0.39 is 5.97 Å². The van der Waals surface area contributed by atoms with Gasteiger partial charge in [0.1, 0.15) is 13.6 Å². The summed E-state index contributed by atoms with van der Waals surface area (Å²) >= 11 is 0. The van der Waals surface area contributed by atoms with Gasteiger partial charge in [-0.15, -0.1) is 0 Å². The molecule has 4 heteroatoms. The van der Waals surface area contributed by atoms with Crippen molar-refractivity contribution in [3.63, 3.8) is 0 Å². The van der Waals surface area contributed by atoms with Gasteiger partial charge in [-0.1, -0.05) is 29.7 Å². The summed E-state index contributed by atoms with van der Waals surface area (Å²) in [6.45, 7) is 0. The summed E-state index contributed by atoms with van der Waals surface area (Å²) in [4.78, 5) is 11.2. The quantitative estimate of drug-likeness (QED) is 0.637. The molecule has 2 aromatic rings. The number of carboxylic acids is 1. The second kappa shape index (κ2) is 4.74. The highest BCUT2D eigenvalue weighted by molar-refractivity contribution is 6.32. The van der Waals surface area contributed by atoms with Crippen molar-refractivity contribution < 1.29 is 14.3 Å². The van der Waals surface area contributed by atoms with Gasteiger partial charge >= 0.3 is 5.97 Å². The summed E-state index contributed by atoms with van der Waals surface area (Å²) in [5, 5.41) is 9.15. The van der Waals surface area contributed by atoms with Gasteiger partial charge in [-0.05, 0) is 23.8 Å². The lowest BCUT2D eigenvalue weighted by atomic mass is 9.93. The third-order valence-corrected chi connectivity index (χ3v) is 2.28. The fourth-order valence-electron chi connectivity index (χ4n) is 1.45. The van der Waals surface area contributed by atoms with Crippen LogP contribution in [0.3, 0.4) is 0 Å². The summed E-state index contributed by atoms with van der Waals surface area (Å²) in [6.07, 6.45) is 2.97. The Morgan fingerprint density at radius 3 is 2.47 bits per heavy atom. The number of hydrogen-bond acceptors (Lipinski definition) is 2. The Labute approximate surface area is 99.8 Å². The highest BCUT2D eigenvalue weighted by Crippen LogP contribution is 2.18. The monoisotopic (exact) mass is 224 g/mol. The molecule has 0 amide bonds. The van der Waals surface area contributed by atoms with Gasteiger partial charge in [0.25, 0.3) is 0 Å². The Bertz CT molecular complexity index is 539. The van der Waals surface area contributed by atoms with E-state index in [1.54, 1.807) is 36.4 Å². The van der Waals surface area contributed by atoms with Crippen molar-refractivity contribution in [1.82, 2.24) is 0 Å². The zero-order chi connectivity index (χ0) is 12.3. The Morgan fingerprint density at radius 2 is 1.94 bits per heavy atom. The van der Waals surface area contributed by atoms with Crippen molar-refractivity contribution in [1.29, 1.82) is 0 Å². The highest BCUT2D eigenvalue weighted by atomic mass is 16.4. The van der Waals surface area contributed by atoms with E-state index in [1.165, 1.54) is 12.3 Å². The molecule has 2 rings (SSSR count). The SMILES string of the molecule is [B]c1ccc(/C(=C\c2ccco2)C(=O)O)cc1. The molecule has 0 atom stereocenters. The largest absolute Gasteiger partial charge is 0.478 e. The second-order valence-electron chi connectivity index (χ2n) is 3.50. The predicted octanol–water partition coefficient (Wildman–Crippen LogP) is 1.70. The van der Waals surface area contributed by atoms with E-state index in [0.717, 1.165) is 0 Å². The molecule has 3 nitrogen and oxygen atoms in total. The summed E-state index contributed by atoms with van der Waals surface area (Å²) < 4.78 is 5.09. The van der Waals surface area contributed by atoms with Crippen LogP contribution in [-0.2, 0) is 4.79 Å². The average Bonchev–Trinajstić information content (AvgIpc) is 2.80. The first-order valence-corrected chi connectivity index (χ1v) is 5.01. The molecule has 0 bridgehead atoms. The Balaban J connectivity index is 2.43. The molecule has 1 aromatic carbocycles. The normalized spacial score (nSPS) is 11.4. The first kappa shape index (κ1) is 11.3. The molecule has 0 fully saturated rings. The Kier molecular flexibility index (Phi) is 3.14. The maximum atomic E-state index is 11.2. The lowest BCUT2D eigenvalue weighted by Crippen LogP contribution is -2.04. The molecule has 1 N–H and O–H groups in total. The van der Waals surface area contributed by atoms with Gasteiger partial charge in [-0.2, -0.15) is 0 Å². The van der Waals surface area contributed by atoms with E-state index in [-0.39, 0.29) is 5.57 Å². The number of rotatable bonds is 3. The van der Waals surface area contributed by atoms with Crippen LogP contribution >= 0.6 is 0 Å². The van der Waals surface area contributed by atoms with E-state index in [4.69, 9.17) is 17.4 Å². The lowest BCUT2D eigenvalue weighted by Gasteiger charge is -2.02. The Hall–Kier alpha value is -2.23. The number of carboxylic acid groups (broad SMARTS) is 1. The van der Waals surface area contributed by atoms with Crippen LogP contribution in [0.5, 0.6) is 0 Å². The molecule has 1 heterocycles. The molecule has 0 spiro atoms. The van der Waals surface area contributed by atoms with E-state index in [0.29, 0.717) is 16.8 Å². The Morgan fingerprint density at radius 1 is 1.24 bits per heavy atom. The van der Waals surface area contributed by atoms with Crippen molar-refractivity contribution in [2.75, 3.05) is 0 Å². The molecule has 17 heavy (non-hydrogen) atoms. The molecular formula is C13H9BO3. The second-order valence-corrected chi connectivity index (χ2v) is 3.50. The lowest BCUT2D eigenvalue weighted by molar-refractivity contribution is -0.130. The van der Waals surface area contributed by atoms with Crippen LogP contribution < -0.4 is 5.46 Å². The first-order chi connectivity index (χ1) is 8.16. The maximum Gasteiger partial charge on any atom is 0.336 e. The molecule has 0 unspecified atom stereocenters. The molecule has 2 radical (unpaired) electrons. The van der Waals surface area contributed by atoms with Crippen molar-refractivity contribution in [2.24, 2.45) is 0 Å². The molecule has 0 aliphatic heterocycles. The van der Waals surface area contributed by atoms with Crippen molar-refractivity contribution in [2.45, 2.75) is 0 Å². The van der Waals surface area contributed by atoms with Gasteiger partial charge < -0.3 is 9.52 Å². The van der Waals surface area contributed by atoms with E-state index >= 15 is 0 Å². The van der Waals surface area contributed by atoms with Crippen molar-refractivity contribution in [3.05, 3.63) is 54.0 Å². The van der Waals surface area contributed by atoms with Gasteiger partial charge in [-0.25, -0.2) is 4.79 Å². The molecule has 0 aliphatic rings. The third kappa shape index (κ3) is 2.66. The standard InChI is InChI=1S/C13H9BO3/c14-10-5-3-9(4-6-10)12(13(15)16)8-11-2-1-7-17-11/h1-8H,(H,15,16)/b12-8+. The van der Waals surface area contributed by atoms with E-state index in [2.05, 4.69) is 0 Å². The first-order valence-electron chi connectivity index (χ1n) is 5.01. The van der Waals surface area contributed by atoms with Crippen molar-refractivity contribution in [3.8, 4) is 0 Å². The number of hydrogen-bond donors (Lipinski definition) is 1. The van der Waals surface area contributed by atoms with E-state index in [1.807, 2.05) is 0 Å². The van der Waals surface area contributed by atoms with Gasteiger partial charge in [0.2, 0.25) is 0 Å². The fourth-order valence-corrected chi connectivity index (χ4v) is 1.45. The topological polar surface area (TPSA) is 50.4 Å². The van der Waals surface area contributed by atoms with Gasteiger partial charge in [-0.3, -0.25) is 0 Å². The minimum absolute atomic E-state index is 0.167.